The standard InChI is InChI=1S/C14H16FN3/c15-12-5-3-11(4-6-12)14-7-9-18(17-14)10-13-2-1-8-16-13/h3-7,9,13,16H,1-2,8,10H2/t13-/m0/s1. The van der Waals surface area contributed by atoms with Gasteiger partial charge in [0.25, 0.3) is 0 Å². The molecule has 1 aliphatic rings. The van der Waals surface area contributed by atoms with Crippen molar-refractivity contribution >= 4 is 0 Å². The first-order chi connectivity index (χ1) is 8.81. The van der Waals surface area contributed by atoms with Crippen LogP contribution >= 0.6 is 0 Å². The molecule has 2 heterocycles. The Kier molecular flexibility index (Phi) is 3.11. The summed E-state index contributed by atoms with van der Waals surface area (Å²) < 4.78 is 14.8. The van der Waals surface area contributed by atoms with E-state index in [9.17, 15) is 4.39 Å². The fourth-order valence-electron chi connectivity index (χ4n) is 2.38. The van der Waals surface area contributed by atoms with E-state index in [1.807, 2.05) is 16.9 Å². The first-order valence-electron chi connectivity index (χ1n) is 6.34. The smallest absolute Gasteiger partial charge is 0.123 e. The van der Waals surface area contributed by atoms with Crippen LogP contribution in [0.15, 0.2) is 36.5 Å². The molecule has 1 aliphatic heterocycles. The summed E-state index contributed by atoms with van der Waals surface area (Å²) in [5, 5.41) is 7.98. The highest BCUT2D eigenvalue weighted by Crippen LogP contribution is 2.17. The SMILES string of the molecule is Fc1ccc(-c2ccn(C[C@@H]3CCCN3)n2)cc1. The minimum absolute atomic E-state index is 0.215. The van der Waals surface area contributed by atoms with Crippen LogP contribution in [-0.4, -0.2) is 22.4 Å². The quantitative estimate of drug-likeness (QED) is 0.900. The Bertz CT molecular complexity index is 512. The van der Waals surface area contributed by atoms with Crippen LogP contribution in [-0.2, 0) is 6.54 Å². The van der Waals surface area contributed by atoms with E-state index in [1.54, 1.807) is 12.1 Å². The summed E-state index contributed by atoms with van der Waals surface area (Å²) in [4.78, 5) is 0. The van der Waals surface area contributed by atoms with Gasteiger partial charge in [0.2, 0.25) is 0 Å². The molecule has 1 atom stereocenters. The minimum atomic E-state index is -0.215. The van der Waals surface area contributed by atoms with Crippen LogP contribution in [0.5, 0.6) is 0 Å². The number of hydrogen-bond donors (Lipinski definition) is 1. The van der Waals surface area contributed by atoms with Crippen molar-refractivity contribution in [2.75, 3.05) is 6.54 Å². The third-order valence-corrected chi connectivity index (χ3v) is 3.35. The number of hydrogen-bond acceptors (Lipinski definition) is 2. The van der Waals surface area contributed by atoms with Crippen LogP contribution in [0.3, 0.4) is 0 Å². The number of benzene rings is 1. The van der Waals surface area contributed by atoms with E-state index in [1.165, 1.54) is 25.0 Å². The summed E-state index contributed by atoms with van der Waals surface area (Å²) in [7, 11) is 0. The van der Waals surface area contributed by atoms with Gasteiger partial charge in [-0.1, -0.05) is 0 Å². The van der Waals surface area contributed by atoms with Crippen LogP contribution in [0.4, 0.5) is 4.39 Å². The van der Waals surface area contributed by atoms with Gasteiger partial charge in [-0.2, -0.15) is 5.10 Å². The van der Waals surface area contributed by atoms with Gasteiger partial charge in [0.15, 0.2) is 0 Å². The van der Waals surface area contributed by atoms with Gasteiger partial charge in [-0.05, 0) is 49.7 Å². The Hall–Kier alpha value is -1.68. The average molecular weight is 245 g/mol. The first-order valence-corrected chi connectivity index (χ1v) is 6.34. The van der Waals surface area contributed by atoms with Gasteiger partial charge in [0.1, 0.15) is 5.82 Å². The lowest BCUT2D eigenvalue weighted by Gasteiger charge is -2.09. The zero-order valence-electron chi connectivity index (χ0n) is 10.1. The zero-order valence-corrected chi connectivity index (χ0v) is 10.1. The highest BCUT2D eigenvalue weighted by molar-refractivity contribution is 5.58. The fourth-order valence-corrected chi connectivity index (χ4v) is 2.38. The Labute approximate surface area is 106 Å². The molecule has 0 radical (unpaired) electrons. The third-order valence-electron chi connectivity index (χ3n) is 3.35. The predicted molar refractivity (Wildman–Crippen MR) is 68.6 cm³/mol. The van der Waals surface area contributed by atoms with E-state index < -0.39 is 0 Å². The molecular formula is C14H16FN3. The van der Waals surface area contributed by atoms with Crippen molar-refractivity contribution in [2.45, 2.75) is 25.4 Å². The molecule has 0 saturated carbocycles. The fraction of sp³-hybridized carbons (Fsp3) is 0.357. The van der Waals surface area contributed by atoms with Gasteiger partial charge < -0.3 is 5.32 Å². The number of rotatable bonds is 3. The second kappa shape index (κ2) is 4.90. The van der Waals surface area contributed by atoms with Crippen molar-refractivity contribution in [1.29, 1.82) is 0 Å². The van der Waals surface area contributed by atoms with Crippen LogP contribution in [0, 0.1) is 5.82 Å². The van der Waals surface area contributed by atoms with Crippen molar-refractivity contribution in [3.8, 4) is 11.3 Å². The van der Waals surface area contributed by atoms with Gasteiger partial charge >= 0.3 is 0 Å². The number of nitrogens with one attached hydrogen (secondary N) is 1. The van der Waals surface area contributed by atoms with Gasteiger partial charge in [-0.25, -0.2) is 4.39 Å². The van der Waals surface area contributed by atoms with E-state index in [-0.39, 0.29) is 5.82 Å². The van der Waals surface area contributed by atoms with Crippen LogP contribution in [0.25, 0.3) is 11.3 Å². The molecule has 2 aromatic rings. The summed E-state index contributed by atoms with van der Waals surface area (Å²) in [6.45, 7) is 2.01. The molecule has 1 fully saturated rings. The van der Waals surface area contributed by atoms with E-state index in [4.69, 9.17) is 0 Å². The molecule has 4 heteroatoms. The van der Waals surface area contributed by atoms with E-state index in [0.29, 0.717) is 6.04 Å². The molecule has 0 aliphatic carbocycles. The highest BCUT2D eigenvalue weighted by atomic mass is 19.1. The number of nitrogens with zero attached hydrogens (tertiary/aromatic N) is 2. The molecule has 0 amide bonds. The molecule has 0 spiro atoms. The van der Waals surface area contributed by atoms with Gasteiger partial charge in [0, 0.05) is 17.8 Å². The molecular weight excluding hydrogens is 229 g/mol. The summed E-state index contributed by atoms with van der Waals surface area (Å²) in [5.41, 5.74) is 1.85. The third kappa shape index (κ3) is 2.43. The molecule has 3 rings (SSSR count). The monoisotopic (exact) mass is 245 g/mol. The van der Waals surface area contributed by atoms with Crippen molar-refractivity contribution in [3.63, 3.8) is 0 Å². The lowest BCUT2D eigenvalue weighted by atomic mass is 10.1. The Morgan fingerprint density at radius 1 is 1.28 bits per heavy atom. The highest BCUT2D eigenvalue weighted by Gasteiger charge is 2.14. The molecule has 0 unspecified atom stereocenters. The van der Waals surface area contributed by atoms with Crippen LogP contribution in [0.2, 0.25) is 0 Å². The van der Waals surface area contributed by atoms with E-state index >= 15 is 0 Å². The second-order valence-corrected chi connectivity index (χ2v) is 4.72. The van der Waals surface area contributed by atoms with Gasteiger partial charge in [0.05, 0.1) is 12.2 Å². The lowest BCUT2D eigenvalue weighted by Crippen LogP contribution is -2.26. The summed E-state index contributed by atoms with van der Waals surface area (Å²) in [5.74, 6) is -0.215. The normalized spacial score (nSPS) is 19.3. The maximum Gasteiger partial charge on any atom is 0.123 e. The number of aromatic nitrogens is 2. The average Bonchev–Trinajstić information content (AvgIpc) is 3.02. The second-order valence-electron chi connectivity index (χ2n) is 4.72. The van der Waals surface area contributed by atoms with Crippen LogP contribution in [0.1, 0.15) is 12.8 Å². The van der Waals surface area contributed by atoms with Crippen LogP contribution < -0.4 is 5.32 Å². The van der Waals surface area contributed by atoms with Crippen molar-refractivity contribution < 1.29 is 4.39 Å². The van der Waals surface area contributed by atoms with Crippen molar-refractivity contribution in [3.05, 3.63) is 42.3 Å². The Morgan fingerprint density at radius 2 is 2.11 bits per heavy atom. The topological polar surface area (TPSA) is 29.9 Å². The molecule has 1 aromatic heterocycles. The number of halogens is 1. The van der Waals surface area contributed by atoms with Gasteiger partial charge in [-0.15, -0.1) is 0 Å². The Balaban J connectivity index is 1.74. The van der Waals surface area contributed by atoms with E-state index in [2.05, 4.69) is 10.4 Å². The van der Waals surface area contributed by atoms with E-state index in [0.717, 1.165) is 24.3 Å². The summed E-state index contributed by atoms with van der Waals surface area (Å²) in [6, 6.07) is 8.96. The predicted octanol–water partition coefficient (Wildman–Crippen LogP) is 2.44. The lowest BCUT2D eigenvalue weighted by molar-refractivity contribution is 0.477. The summed E-state index contributed by atoms with van der Waals surface area (Å²) in [6.07, 6.45) is 4.45. The Morgan fingerprint density at radius 3 is 2.83 bits per heavy atom. The largest absolute Gasteiger partial charge is 0.312 e. The zero-order chi connectivity index (χ0) is 12.4. The molecule has 94 valence electrons. The molecule has 1 saturated heterocycles. The molecule has 1 N–H and O–H groups in total. The van der Waals surface area contributed by atoms with Gasteiger partial charge in [-0.3, -0.25) is 4.68 Å². The summed E-state index contributed by atoms with van der Waals surface area (Å²) >= 11 is 0. The molecule has 3 nitrogen and oxygen atoms in total. The molecule has 1 aromatic carbocycles. The molecule has 18 heavy (non-hydrogen) atoms. The first kappa shape index (κ1) is 11.4. The maximum atomic E-state index is 12.8. The molecule has 0 bridgehead atoms. The van der Waals surface area contributed by atoms with Crippen molar-refractivity contribution in [2.24, 2.45) is 0 Å². The maximum absolute atomic E-state index is 12.8. The van der Waals surface area contributed by atoms with Crippen molar-refractivity contribution in [1.82, 2.24) is 15.1 Å². The minimum Gasteiger partial charge on any atom is -0.312 e.